The van der Waals surface area contributed by atoms with E-state index in [9.17, 15) is 8.42 Å². The van der Waals surface area contributed by atoms with Gasteiger partial charge in [-0.05, 0) is 47.5 Å². The molecule has 0 unspecified atom stereocenters. The van der Waals surface area contributed by atoms with Gasteiger partial charge in [0.2, 0.25) is 0 Å². The minimum absolute atomic E-state index is 0.125. The predicted molar refractivity (Wildman–Crippen MR) is 119 cm³/mol. The zero-order chi connectivity index (χ0) is 21.7. The van der Waals surface area contributed by atoms with E-state index in [1.807, 2.05) is 17.5 Å². The molecule has 0 spiro atoms. The van der Waals surface area contributed by atoms with E-state index in [4.69, 9.17) is 4.98 Å². The highest BCUT2D eigenvalue weighted by Gasteiger charge is 2.34. The first-order chi connectivity index (χ1) is 14.1. The number of rotatable bonds is 4. The molecule has 162 valence electrons. The summed E-state index contributed by atoms with van der Waals surface area (Å²) in [7, 11) is -3.50. The zero-order valence-corrected chi connectivity index (χ0v) is 19.6. The first kappa shape index (κ1) is 21.2. The average molecular weight is 449 g/mol. The van der Waals surface area contributed by atoms with Crippen LogP contribution in [0.25, 0.3) is 5.65 Å². The summed E-state index contributed by atoms with van der Waals surface area (Å²) in [5, 5.41) is 4.36. The molecule has 1 fully saturated rings. The molecule has 4 rings (SSSR count). The number of aryl methyl sites for hydroxylation is 2. The van der Waals surface area contributed by atoms with Crippen LogP contribution in [0.5, 0.6) is 0 Å². The summed E-state index contributed by atoms with van der Waals surface area (Å²) in [6, 6.07) is 0. The van der Waals surface area contributed by atoms with Gasteiger partial charge in [0.05, 0.1) is 22.6 Å². The highest BCUT2D eigenvalue weighted by molar-refractivity contribution is 7.91. The number of hydrogen-bond acceptors (Lipinski definition) is 7. The van der Waals surface area contributed by atoms with Crippen molar-refractivity contribution in [1.82, 2.24) is 23.7 Å². The smallest absolute Gasteiger partial charge is 0.254 e. The second-order valence-corrected chi connectivity index (χ2v) is 12.1. The Labute approximate surface area is 181 Å². The Morgan fingerprint density at radius 1 is 1.17 bits per heavy atom. The number of sulfonamides is 1. The molecule has 30 heavy (non-hydrogen) atoms. The highest BCUT2D eigenvalue weighted by Crippen LogP contribution is 2.36. The summed E-state index contributed by atoms with van der Waals surface area (Å²) in [4.78, 5) is 13.3. The number of aromatic nitrogens is 4. The second-order valence-electron chi connectivity index (χ2n) is 8.81. The number of nitrogens with one attached hydrogen (secondary N) is 1. The molecule has 3 aromatic rings. The number of hydrogen-bond donors (Lipinski definition) is 1. The van der Waals surface area contributed by atoms with Crippen molar-refractivity contribution in [1.29, 1.82) is 0 Å². The molecule has 0 amide bonds. The van der Waals surface area contributed by atoms with Crippen molar-refractivity contribution in [3.05, 3.63) is 35.0 Å². The number of fused-ring (bicyclic) bond motifs is 1. The van der Waals surface area contributed by atoms with Gasteiger partial charge in [-0.3, -0.25) is 9.38 Å². The number of anilines is 1. The van der Waals surface area contributed by atoms with Gasteiger partial charge in [-0.15, -0.1) is 11.3 Å². The van der Waals surface area contributed by atoms with Crippen LogP contribution in [0.3, 0.4) is 0 Å². The molecule has 3 aromatic heterocycles. The molecule has 0 atom stereocenters. The van der Waals surface area contributed by atoms with E-state index in [1.54, 1.807) is 23.6 Å². The van der Waals surface area contributed by atoms with Crippen LogP contribution in [-0.2, 0) is 10.0 Å². The van der Waals surface area contributed by atoms with Gasteiger partial charge in [-0.2, -0.15) is 4.31 Å². The Kier molecular flexibility index (Phi) is 5.36. The maximum atomic E-state index is 13.1. The Balaban J connectivity index is 1.59. The molecule has 1 aliphatic rings. The van der Waals surface area contributed by atoms with Gasteiger partial charge >= 0.3 is 0 Å². The number of thiazole rings is 1. The number of piperidine rings is 1. The minimum atomic E-state index is -3.50. The van der Waals surface area contributed by atoms with E-state index in [0.29, 0.717) is 23.0 Å². The van der Waals surface area contributed by atoms with Crippen LogP contribution in [0, 0.1) is 13.8 Å². The standard InChI is InChI=1S/C20H28N6O2S2/c1-13-19(29-14(2)22-13)30(27,28)25-9-6-15(7-10-25)17-18(24-20(3,4)5)26-11-8-21-12-16(26)23-17/h8,11-12,15,24H,6-7,9-10H2,1-5H3. The normalized spacial score (nSPS) is 17.0. The Morgan fingerprint density at radius 3 is 2.47 bits per heavy atom. The molecule has 10 heteroatoms. The average Bonchev–Trinajstić information content (AvgIpc) is 3.21. The van der Waals surface area contributed by atoms with Crippen LogP contribution in [-0.4, -0.2) is 50.7 Å². The van der Waals surface area contributed by atoms with Crippen molar-refractivity contribution in [2.24, 2.45) is 0 Å². The van der Waals surface area contributed by atoms with Crippen molar-refractivity contribution >= 4 is 32.8 Å². The molecule has 0 radical (unpaired) electrons. The van der Waals surface area contributed by atoms with Crippen LogP contribution in [0.4, 0.5) is 5.82 Å². The van der Waals surface area contributed by atoms with Gasteiger partial charge in [0.25, 0.3) is 10.0 Å². The van der Waals surface area contributed by atoms with Gasteiger partial charge in [0.15, 0.2) is 9.86 Å². The van der Waals surface area contributed by atoms with Crippen molar-refractivity contribution in [2.75, 3.05) is 18.4 Å². The molecule has 0 saturated carbocycles. The summed E-state index contributed by atoms with van der Waals surface area (Å²) < 4.78 is 30.2. The predicted octanol–water partition coefficient (Wildman–Crippen LogP) is 3.58. The molecule has 0 aromatic carbocycles. The van der Waals surface area contributed by atoms with Crippen LogP contribution >= 0.6 is 11.3 Å². The van der Waals surface area contributed by atoms with Crippen LogP contribution in [0.1, 0.15) is 55.9 Å². The van der Waals surface area contributed by atoms with Crippen molar-refractivity contribution in [2.45, 2.75) is 63.1 Å². The summed E-state index contributed by atoms with van der Waals surface area (Å²) in [5.74, 6) is 1.15. The van der Waals surface area contributed by atoms with E-state index >= 15 is 0 Å². The minimum Gasteiger partial charge on any atom is -0.365 e. The lowest BCUT2D eigenvalue weighted by Crippen LogP contribution is -2.38. The second kappa shape index (κ2) is 7.58. The zero-order valence-electron chi connectivity index (χ0n) is 18.0. The Morgan fingerprint density at radius 2 is 1.87 bits per heavy atom. The van der Waals surface area contributed by atoms with E-state index in [2.05, 4.69) is 36.1 Å². The monoisotopic (exact) mass is 448 g/mol. The molecule has 4 heterocycles. The molecule has 8 nitrogen and oxygen atoms in total. The van der Waals surface area contributed by atoms with Crippen molar-refractivity contribution < 1.29 is 8.42 Å². The van der Waals surface area contributed by atoms with Gasteiger partial charge < -0.3 is 5.32 Å². The third-order valence-electron chi connectivity index (χ3n) is 5.23. The fourth-order valence-electron chi connectivity index (χ4n) is 3.93. The molecule has 1 N–H and O–H groups in total. The topological polar surface area (TPSA) is 92.5 Å². The number of nitrogens with zero attached hydrogens (tertiary/aromatic N) is 5. The van der Waals surface area contributed by atoms with Gasteiger partial charge in [-0.1, -0.05) is 0 Å². The Hall–Kier alpha value is -2.04. The van der Waals surface area contributed by atoms with Crippen molar-refractivity contribution in [3.63, 3.8) is 0 Å². The molecular weight excluding hydrogens is 420 g/mol. The summed E-state index contributed by atoms with van der Waals surface area (Å²) in [6.07, 6.45) is 6.87. The van der Waals surface area contributed by atoms with Crippen LogP contribution in [0.15, 0.2) is 22.8 Å². The molecule has 1 saturated heterocycles. The van der Waals surface area contributed by atoms with Gasteiger partial charge in [-0.25, -0.2) is 18.4 Å². The quantitative estimate of drug-likeness (QED) is 0.656. The fourth-order valence-corrected chi connectivity index (χ4v) is 7.02. The molecule has 0 bridgehead atoms. The third kappa shape index (κ3) is 3.95. The van der Waals surface area contributed by atoms with E-state index in [1.165, 1.54) is 11.3 Å². The van der Waals surface area contributed by atoms with E-state index in [-0.39, 0.29) is 11.5 Å². The van der Waals surface area contributed by atoms with Gasteiger partial charge in [0.1, 0.15) is 5.82 Å². The third-order valence-corrected chi connectivity index (χ3v) is 8.78. The largest absolute Gasteiger partial charge is 0.365 e. The lowest BCUT2D eigenvalue weighted by Gasteiger charge is -2.31. The van der Waals surface area contributed by atoms with Crippen LogP contribution in [0.2, 0.25) is 0 Å². The van der Waals surface area contributed by atoms with Crippen molar-refractivity contribution in [3.8, 4) is 0 Å². The van der Waals surface area contributed by atoms with Crippen LogP contribution < -0.4 is 5.32 Å². The van der Waals surface area contributed by atoms with E-state index < -0.39 is 10.0 Å². The van der Waals surface area contributed by atoms with Gasteiger partial charge in [0, 0.05) is 36.9 Å². The molecule has 1 aliphatic heterocycles. The molecular formula is C20H28N6O2S2. The lowest BCUT2D eigenvalue weighted by atomic mass is 9.94. The maximum absolute atomic E-state index is 13.1. The summed E-state index contributed by atoms with van der Waals surface area (Å²) >= 11 is 1.25. The summed E-state index contributed by atoms with van der Waals surface area (Å²) in [5.41, 5.74) is 2.24. The lowest BCUT2D eigenvalue weighted by molar-refractivity contribution is 0.318. The van der Waals surface area contributed by atoms with E-state index in [0.717, 1.165) is 35.0 Å². The Bertz CT molecular complexity index is 1170. The number of imidazole rings is 1. The SMILES string of the molecule is Cc1nc(C)c(S(=O)(=O)N2CCC(c3nc4cnccn4c3NC(C)(C)C)CC2)s1. The highest BCUT2D eigenvalue weighted by atomic mass is 32.2. The maximum Gasteiger partial charge on any atom is 0.254 e. The first-order valence-electron chi connectivity index (χ1n) is 10.1. The first-order valence-corrected chi connectivity index (χ1v) is 12.4. The fraction of sp³-hybridized carbons (Fsp3) is 0.550. The summed E-state index contributed by atoms with van der Waals surface area (Å²) in [6.45, 7) is 10.9. The molecule has 0 aliphatic carbocycles.